The van der Waals surface area contributed by atoms with Crippen molar-refractivity contribution < 1.29 is 18.3 Å². The molecule has 0 aliphatic carbocycles. The molecule has 0 spiro atoms. The molecule has 10 heteroatoms. The van der Waals surface area contributed by atoms with Crippen LogP contribution in [0, 0.1) is 6.92 Å². The van der Waals surface area contributed by atoms with Crippen LogP contribution in [0.4, 0.5) is 5.69 Å². The van der Waals surface area contributed by atoms with Gasteiger partial charge in [0.15, 0.2) is 9.84 Å². The molecule has 31 heavy (non-hydrogen) atoms. The third-order valence-corrected chi connectivity index (χ3v) is 8.01. The second kappa shape index (κ2) is 9.19. The molecule has 2 aromatic heterocycles. The fraction of sp³-hybridized carbons (Fsp3) is 0.381. The highest BCUT2D eigenvalue weighted by Crippen LogP contribution is 2.31. The number of aryl methyl sites for hydroxylation is 2. The minimum atomic E-state index is -3.50. The second-order valence-corrected chi connectivity index (χ2v) is 10.5. The Bertz CT molecular complexity index is 1290. The first-order valence-corrected chi connectivity index (χ1v) is 12.5. The van der Waals surface area contributed by atoms with Crippen molar-refractivity contribution in [1.82, 2.24) is 9.55 Å². The Hall–Kier alpha value is -2.72. The lowest BCUT2D eigenvalue weighted by Gasteiger charge is -2.09. The second-order valence-electron chi connectivity index (χ2n) is 7.22. The molecule has 0 aliphatic rings. The van der Waals surface area contributed by atoms with Crippen molar-refractivity contribution in [2.24, 2.45) is 0 Å². The molecular weight excluding hydrogens is 438 g/mol. The Labute approximate surface area is 184 Å². The van der Waals surface area contributed by atoms with Crippen LogP contribution in [0.15, 0.2) is 34.2 Å². The summed E-state index contributed by atoms with van der Waals surface area (Å²) in [6.07, 6.45) is 4.43. The number of sulfone groups is 1. The molecule has 0 radical (unpaired) electrons. The first-order chi connectivity index (χ1) is 14.7. The maximum atomic E-state index is 12.9. The van der Waals surface area contributed by atoms with Gasteiger partial charge in [0.05, 0.1) is 32.9 Å². The van der Waals surface area contributed by atoms with Gasteiger partial charge in [-0.2, -0.15) is 0 Å². The highest BCUT2D eigenvalue weighted by Gasteiger charge is 2.21. The number of rotatable bonds is 8. The first-order valence-electron chi connectivity index (χ1n) is 10.0. The molecule has 8 nitrogen and oxygen atoms in total. The zero-order chi connectivity index (χ0) is 22.8. The summed E-state index contributed by atoms with van der Waals surface area (Å²) >= 11 is 1.09. The van der Waals surface area contributed by atoms with Crippen molar-refractivity contribution in [3.8, 4) is 5.75 Å². The summed E-state index contributed by atoms with van der Waals surface area (Å²) in [4.78, 5) is 30.9. The van der Waals surface area contributed by atoms with Gasteiger partial charge in [0, 0.05) is 6.54 Å². The fourth-order valence-corrected chi connectivity index (χ4v) is 5.16. The van der Waals surface area contributed by atoms with Crippen molar-refractivity contribution in [3.05, 3.63) is 45.3 Å². The van der Waals surface area contributed by atoms with Crippen LogP contribution in [0.25, 0.3) is 10.2 Å². The number of amides is 1. The predicted octanol–water partition coefficient (Wildman–Crippen LogP) is 3.71. The van der Waals surface area contributed by atoms with Crippen LogP contribution in [0.3, 0.4) is 0 Å². The Kier molecular flexibility index (Phi) is 6.80. The smallest absolute Gasteiger partial charge is 0.266 e. The number of hydrogen-bond donors (Lipinski definition) is 2. The summed E-state index contributed by atoms with van der Waals surface area (Å²) in [6, 6.07) is 3.75. The number of nitrogens with one attached hydrogen (secondary N) is 1. The number of fused-ring (bicyclic) bond motifs is 1. The third-order valence-electron chi connectivity index (χ3n) is 5.08. The van der Waals surface area contributed by atoms with E-state index in [1.165, 1.54) is 31.5 Å². The fourth-order valence-electron chi connectivity index (χ4n) is 3.22. The normalized spacial score (nSPS) is 11.7. The summed E-state index contributed by atoms with van der Waals surface area (Å²) in [6.45, 7) is 5.86. The van der Waals surface area contributed by atoms with Crippen LogP contribution < -0.4 is 10.9 Å². The maximum Gasteiger partial charge on any atom is 0.266 e. The van der Waals surface area contributed by atoms with E-state index in [2.05, 4.69) is 17.2 Å². The van der Waals surface area contributed by atoms with Gasteiger partial charge in [0.25, 0.3) is 11.5 Å². The van der Waals surface area contributed by atoms with Gasteiger partial charge in [-0.1, -0.05) is 26.7 Å². The Morgan fingerprint density at radius 3 is 2.68 bits per heavy atom. The molecular formula is C21H25N3O5S2. The molecule has 166 valence electrons. The van der Waals surface area contributed by atoms with Gasteiger partial charge in [0.1, 0.15) is 10.6 Å². The number of phenolic OH excluding ortho intramolecular Hbond substituents is 1. The molecule has 3 rings (SSSR count). The SMILES string of the molecule is CCCCCn1cnc2sc(C(=O)Nc3cc(S(=O)(=O)CC)ccc3O)c(C)c2c1=O. The average Bonchev–Trinajstić information content (AvgIpc) is 3.08. The lowest BCUT2D eigenvalue weighted by molar-refractivity contribution is 0.102. The molecule has 3 aromatic rings. The number of phenols is 1. The summed E-state index contributed by atoms with van der Waals surface area (Å²) in [5, 5.41) is 13.1. The molecule has 2 N–H and O–H groups in total. The zero-order valence-electron chi connectivity index (χ0n) is 17.6. The number of anilines is 1. The average molecular weight is 464 g/mol. The number of carbonyl (C=O) groups excluding carboxylic acids is 1. The number of aromatic nitrogens is 2. The molecule has 0 bridgehead atoms. The van der Waals surface area contributed by atoms with E-state index in [-0.39, 0.29) is 32.5 Å². The van der Waals surface area contributed by atoms with Gasteiger partial charge in [-0.25, -0.2) is 13.4 Å². The van der Waals surface area contributed by atoms with Crippen LogP contribution in [-0.2, 0) is 16.4 Å². The van der Waals surface area contributed by atoms with Crippen molar-refractivity contribution in [1.29, 1.82) is 0 Å². The highest BCUT2D eigenvalue weighted by molar-refractivity contribution is 7.91. The van der Waals surface area contributed by atoms with E-state index in [9.17, 15) is 23.1 Å². The molecule has 0 unspecified atom stereocenters. The van der Waals surface area contributed by atoms with Crippen LogP contribution >= 0.6 is 11.3 Å². The predicted molar refractivity (Wildman–Crippen MR) is 122 cm³/mol. The summed E-state index contributed by atoms with van der Waals surface area (Å²) in [5.74, 6) is -0.895. The minimum absolute atomic E-state index is 0.00722. The monoisotopic (exact) mass is 463 g/mol. The van der Waals surface area contributed by atoms with Crippen LogP contribution in [0.5, 0.6) is 5.75 Å². The van der Waals surface area contributed by atoms with Gasteiger partial charge in [-0.05, 0) is 37.1 Å². The number of unbranched alkanes of at least 4 members (excludes halogenated alkanes) is 2. The van der Waals surface area contributed by atoms with E-state index < -0.39 is 15.7 Å². The van der Waals surface area contributed by atoms with Gasteiger partial charge in [0.2, 0.25) is 0 Å². The van der Waals surface area contributed by atoms with Crippen LogP contribution in [-0.4, -0.2) is 34.7 Å². The Morgan fingerprint density at radius 1 is 1.26 bits per heavy atom. The Morgan fingerprint density at radius 2 is 2.00 bits per heavy atom. The summed E-state index contributed by atoms with van der Waals surface area (Å²) in [7, 11) is -3.50. The number of nitrogens with zero attached hydrogens (tertiary/aromatic N) is 2. The molecule has 0 atom stereocenters. The molecule has 1 aromatic carbocycles. The standard InChI is InChI=1S/C21H25N3O5S2/c1-4-6-7-10-24-12-22-20-17(21(24)27)13(3)18(30-20)19(26)23-15-11-14(8-9-16(15)25)31(28,29)5-2/h8-9,11-12,25H,4-7,10H2,1-3H3,(H,23,26). The van der Waals surface area contributed by atoms with E-state index in [1.54, 1.807) is 11.5 Å². The molecule has 0 saturated heterocycles. The molecule has 2 heterocycles. The van der Waals surface area contributed by atoms with E-state index in [1.807, 2.05) is 0 Å². The number of hydrogen-bond acceptors (Lipinski definition) is 7. The van der Waals surface area contributed by atoms with Crippen LogP contribution in [0.1, 0.15) is 48.3 Å². The number of thiophene rings is 1. The summed E-state index contributed by atoms with van der Waals surface area (Å²) < 4.78 is 25.8. The van der Waals surface area contributed by atoms with Gasteiger partial charge in [-0.3, -0.25) is 14.2 Å². The topological polar surface area (TPSA) is 118 Å². The first kappa shape index (κ1) is 23.0. The van der Waals surface area contributed by atoms with Crippen molar-refractivity contribution in [3.63, 3.8) is 0 Å². The molecule has 0 aliphatic heterocycles. The minimum Gasteiger partial charge on any atom is -0.506 e. The number of benzene rings is 1. The summed E-state index contributed by atoms with van der Waals surface area (Å²) in [5.41, 5.74) is 0.311. The third kappa shape index (κ3) is 4.64. The van der Waals surface area contributed by atoms with E-state index in [0.717, 1.165) is 30.6 Å². The molecule has 0 fully saturated rings. The number of carbonyl (C=O) groups is 1. The lowest BCUT2D eigenvalue weighted by Crippen LogP contribution is -2.20. The van der Waals surface area contributed by atoms with Crippen LogP contribution in [0.2, 0.25) is 0 Å². The van der Waals surface area contributed by atoms with E-state index in [0.29, 0.717) is 22.3 Å². The quantitative estimate of drug-likeness (QED) is 0.388. The highest BCUT2D eigenvalue weighted by atomic mass is 32.2. The van der Waals surface area contributed by atoms with Crippen molar-refractivity contribution in [2.75, 3.05) is 11.1 Å². The zero-order valence-corrected chi connectivity index (χ0v) is 19.3. The van der Waals surface area contributed by atoms with Crippen molar-refractivity contribution in [2.45, 2.75) is 51.5 Å². The van der Waals surface area contributed by atoms with Crippen molar-refractivity contribution >= 4 is 43.0 Å². The van der Waals surface area contributed by atoms with Gasteiger partial charge in [-0.15, -0.1) is 11.3 Å². The van der Waals surface area contributed by atoms with E-state index in [4.69, 9.17) is 0 Å². The Balaban J connectivity index is 1.95. The molecule has 1 amide bonds. The maximum absolute atomic E-state index is 12.9. The van der Waals surface area contributed by atoms with Gasteiger partial charge < -0.3 is 10.4 Å². The number of aromatic hydroxyl groups is 1. The van der Waals surface area contributed by atoms with E-state index >= 15 is 0 Å². The van der Waals surface area contributed by atoms with Gasteiger partial charge >= 0.3 is 0 Å². The molecule has 0 saturated carbocycles. The largest absolute Gasteiger partial charge is 0.506 e. The lowest BCUT2D eigenvalue weighted by atomic mass is 10.2.